The number of anilines is 2. The molecule has 4 heteroatoms. The van der Waals surface area contributed by atoms with Gasteiger partial charge in [0.1, 0.15) is 5.82 Å². The fourth-order valence-electron chi connectivity index (χ4n) is 1.80. The van der Waals surface area contributed by atoms with E-state index in [0.29, 0.717) is 12.3 Å². The molecule has 1 unspecified atom stereocenters. The van der Waals surface area contributed by atoms with Crippen LogP contribution in [0.2, 0.25) is 0 Å². The van der Waals surface area contributed by atoms with E-state index in [0.717, 1.165) is 17.2 Å². The molecule has 0 aliphatic carbocycles. The first kappa shape index (κ1) is 10.9. The van der Waals surface area contributed by atoms with E-state index in [1.165, 1.54) is 0 Å². The summed E-state index contributed by atoms with van der Waals surface area (Å²) in [5, 5.41) is 6.21. The Labute approximate surface area is 95.5 Å². The maximum atomic E-state index is 11.7. The van der Waals surface area contributed by atoms with Gasteiger partial charge in [-0.3, -0.25) is 4.79 Å². The molecule has 2 N–H and O–H groups in total. The number of hydrogen-bond acceptors (Lipinski definition) is 3. The molecular weight excluding hydrogens is 202 g/mol. The van der Waals surface area contributed by atoms with Crippen LogP contribution in [0.15, 0.2) is 12.1 Å². The number of carbonyl (C=O) groups is 1. The summed E-state index contributed by atoms with van der Waals surface area (Å²) in [6.45, 7) is 6.15. The van der Waals surface area contributed by atoms with Crippen molar-refractivity contribution in [2.75, 3.05) is 10.6 Å². The number of aromatic nitrogens is 1. The SMILES string of the molecule is Cc1ccc2c(n1)NC(C(C)C)CC(=O)N2. The molecule has 0 spiro atoms. The molecule has 0 radical (unpaired) electrons. The highest BCUT2D eigenvalue weighted by Crippen LogP contribution is 2.26. The van der Waals surface area contributed by atoms with E-state index >= 15 is 0 Å². The van der Waals surface area contributed by atoms with Crippen molar-refractivity contribution in [3.8, 4) is 0 Å². The number of amides is 1. The number of nitrogens with one attached hydrogen (secondary N) is 2. The second-order valence-corrected chi connectivity index (χ2v) is 4.60. The van der Waals surface area contributed by atoms with Gasteiger partial charge in [0, 0.05) is 18.2 Å². The van der Waals surface area contributed by atoms with Gasteiger partial charge in [-0.25, -0.2) is 4.98 Å². The highest BCUT2D eigenvalue weighted by Gasteiger charge is 2.23. The van der Waals surface area contributed by atoms with Crippen molar-refractivity contribution in [3.05, 3.63) is 17.8 Å². The lowest BCUT2D eigenvalue weighted by Crippen LogP contribution is -2.28. The second kappa shape index (κ2) is 4.12. The van der Waals surface area contributed by atoms with Crippen LogP contribution in [-0.4, -0.2) is 16.9 Å². The number of fused-ring (bicyclic) bond motifs is 1. The molecule has 4 nitrogen and oxygen atoms in total. The molecule has 1 amide bonds. The smallest absolute Gasteiger partial charge is 0.226 e. The first-order valence-electron chi connectivity index (χ1n) is 5.60. The highest BCUT2D eigenvalue weighted by atomic mass is 16.1. The van der Waals surface area contributed by atoms with Crippen LogP contribution < -0.4 is 10.6 Å². The largest absolute Gasteiger partial charge is 0.365 e. The van der Waals surface area contributed by atoms with Crippen LogP contribution in [0.1, 0.15) is 26.0 Å². The van der Waals surface area contributed by atoms with Crippen LogP contribution in [0, 0.1) is 12.8 Å². The minimum absolute atomic E-state index is 0.0515. The fraction of sp³-hybridized carbons (Fsp3) is 0.500. The van der Waals surface area contributed by atoms with Crippen LogP contribution in [0.4, 0.5) is 11.5 Å². The number of aryl methyl sites for hydroxylation is 1. The van der Waals surface area contributed by atoms with E-state index in [-0.39, 0.29) is 11.9 Å². The summed E-state index contributed by atoms with van der Waals surface area (Å²) in [7, 11) is 0. The maximum Gasteiger partial charge on any atom is 0.226 e. The molecule has 1 atom stereocenters. The van der Waals surface area contributed by atoms with E-state index in [1.807, 2.05) is 19.1 Å². The predicted octanol–water partition coefficient (Wildman–Crippen LogP) is 2.17. The Kier molecular flexibility index (Phi) is 2.81. The molecule has 1 aromatic heterocycles. The van der Waals surface area contributed by atoms with Crippen molar-refractivity contribution in [1.29, 1.82) is 0 Å². The monoisotopic (exact) mass is 219 g/mol. The molecule has 1 aliphatic rings. The molecule has 0 fully saturated rings. The zero-order chi connectivity index (χ0) is 11.7. The zero-order valence-electron chi connectivity index (χ0n) is 9.87. The second-order valence-electron chi connectivity index (χ2n) is 4.60. The molecule has 0 bridgehead atoms. The predicted molar refractivity (Wildman–Crippen MR) is 64.5 cm³/mol. The van der Waals surface area contributed by atoms with Crippen LogP contribution in [0.25, 0.3) is 0 Å². The Hall–Kier alpha value is -1.58. The van der Waals surface area contributed by atoms with Crippen LogP contribution in [0.3, 0.4) is 0 Å². The average Bonchev–Trinajstić information content (AvgIpc) is 2.36. The molecule has 1 aromatic rings. The summed E-state index contributed by atoms with van der Waals surface area (Å²) < 4.78 is 0. The summed E-state index contributed by atoms with van der Waals surface area (Å²) >= 11 is 0. The average molecular weight is 219 g/mol. The third kappa shape index (κ3) is 2.15. The van der Waals surface area contributed by atoms with Gasteiger partial charge in [0.05, 0.1) is 5.69 Å². The van der Waals surface area contributed by atoms with Gasteiger partial charge in [0.25, 0.3) is 0 Å². The van der Waals surface area contributed by atoms with Gasteiger partial charge < -0.3 is 10.6 Å². The summed E-state index contributed by atoms with van der Waals surface area (Å²) in [4.78, 5) is 16.1. The van der Waals surface area contributed by atoms with Gasteiger partial charge in [-0.2, -0.15) is 0 Å². The lowest BCUT2D eigenvalue weighted by Gasteiger charge is -2.19. The molecule has 2 rings (SSSR count). The topological polar surface area (TPSA) is 54.0 Å². The first-order valence-corrected chi connectivity index (χ1v) is 5.60. The summed E-state index contributed by atoms with van der Waals surface area (Å²) in [6, 6.07) is 3.94. The van der Waals surface area contributed by atoms with Crippen molar-refractivity contribution < 1.29 is 4.79 Å². The van der Waals surface area contributed by atoms with Gasteiger partial charge >= 0.3 is 0 Å². The Morgan fingerprint density at radius 3 is 2.88 bits per heavy atom. The first-order chi connectivity index (χ1) is 7.56. The zero-order valence-corrected chi connectivity index (χ0v) is 9.87. The molecule has 0 saturated heterocycles. The fourth-order valence-corrected chi connectivity index (χ4v) is 1.80. The summed E-state index contributed by atoms with van der Waals surface area (Å²) in [6.07, 6.45) is 0.493. The Morgan fingerprint density at radius 1 is 1.44 bits per heavy atom. The minimum atomic E-state index is 0.0515. The molecule has 0 saturated carbocycles. The van der Waals surface area contributed by atoms with E-state index in [2.05, 4.69) is 29.5 Å². The molecule has 2 heterocycles. The van der Waals surface area contributed by atoms with Crippen molar-refractivity contribution in [2.45, 2.75) is 33.2 Å². The number of hydrogen-bond donors (Lipinski definition) is 2. The maximum absolute atomic E-state index is 11.7. The van der Waals surface area contributed by atoms with Crippen LogP contribution in [-0.2, 0) is 4.79 Å². The Bertz CT molecular complexity index is 415. The number of carbonyl (C=O) groups excluding carboxylic acids is 1. The molecule has 0 aromatic carbocycles. The van der Waals surface area contributed by atoms with Gasteiger partial charge in [-0.05, 0) is 25.0 Å². The van der Waals surface area contributed by atoms with Crippen molar-refractivity contribution >= 4 is 17.4 Å². The van der Waals surface area contributed by atoms with Gasteiger partial charge in [0.2, 0.25) is 5.91 Å². The number of nitrogens with zero attached hydrogens (tertiary/aromatic N) is 1. The Balaban J connectivity index is 2.36. The van der Waals surface area contributed by atoms with Gasteiger partial charge in [-0.15, -0.1) is 0 Å². The number of pyridine rings is 1. The van der Waals surface area contributed by atoms with Gasteiger partial charge in [0.15, 0.2) is 0 Å². The lowest BCUT2D eigenvalue weighted by molar-refractivity contribution is -0.116. The van der Waals surface area contributed by atoms with Crippen molar-refractivity contribution in [1.82, 2.24) is 4.98 Å². The molecule has 16 heavy (non-hydrogen) atoms. The molecule has 1 aliphatic heterocycles. The third-order valence-electron chi connectivity index (χ3n) is 2.84. The van der Waals surface area contributed by atoms with Gasteiger partial charge in [-0.1, -0.05) is 13.8 Å². The molecule has 86 valence electrons. The highest BCUT2D eigenvalue weighted by molar-refractivity contribution is 5.95. The van der Waals surface area contributed by atoms with E-state index in [1.54, 1.807) is 0 Å². The molecular formula is C12H17N3O. The van der Waals surface area contributed by atoms with E-state index in [4.69, 9.17) is 0 Å². The van der Waals surface area contributed by atoms with Crippen molar-refractivity contribution in [3.63, 3.8) is 0 Å². The van der Waals surface area contributed by atoms with E-state index < -0.39 is 0 Å². The van der Waals surface area contributed by atoms with Crippen LogP contribution >= 0.6 is 0 Å². The summed E-state index contributed by atoms with van der Waals surface area (Å²) in [5.74, 6) is 1.24. The summed E-state index contributed by atoms with van der Waals surface area (Å²) in [5.41, 5.74) is 1.73. The normalized spacial score (nSPS) is 19.8. The third-order valence-corrected chi connectivity index (χ3v) is 2.84. The van der Waals surface area contributed by atoms with E-state index in [9.17, 15) is 4.79 Å². The van der Waals surface area contributed by atoms with Crippen LogP contribution in [0.5, 0.6) is 0 Å². The van der Waals surface area contributed by atoms with Crippen molar-refractivity contribution in [2.24, 2.45) is 5.92 Å². The quantitative estimate of drug-likeness (QED) is 0.761. The minimum Gasteiger partial charge on any atom is -0.365 e. The lowest BCUT2D eigenvalue weighted by atomic mass is 10.0. The standard InChI is InChI=1S/C12H17N3O/c1-7(2)10-6-11(16)14-9-5-4-8(3)13-12(9)15-10/h4-5,7,10H,6H2,1-3H3,(H,13,15)(H,14,16). The Morgan fingerprint density at radius 2 is 2.19 bits per heavy atom. The number of rotatable bonds is 1.